The molecule has 0 aromatic heterocycles. The Hall–Kier alpha value is -1.77. The molecule has 0 fully saturated rings. The van der Waals surface area contributed by atoms with Crippen LogP contribution in [0, 0.1) is 13.8 Å². The maximum absolute atomic E-state index is 10.8. The molecule has 0 unspecified atom stereocenters. The zero-order chi connectivity index (χ0) is 13.4. The topological polar surface area (TPSA) is 35.5 Å². The molecule has 0 amide bonds. The van der Waals surface area contributed by atoms with Crippen LogP contribution in [0.25, 0.3) is 0 Å². The van der Waals surface area contributed by atoms with E-state index in [-0.39, 0.29) is 5.97 Å². The maximum atomic E-state index is 10.8. The summed E-state index contributed by atoms with van der Waals surface area (Å²) in [4.78, 5) is 10.8. The van der Waals surface area contributed by atoms with Crippen LogP contribution >= 0.6 is 0 Å². The molecular weight excluding hydrogens is 228 g/mol. The number of esters is 1. The lowest BCUT2D eigenvalue weighted by Gasteiger charge is -2.09. The quantitative estimate of drug-likeness (QED) is 0.422. The first-order valence-electron chi connectivity index (χ1n) is 6.12. The molecule has 3 nitrogen and oxygen atoms in total. The van der Waals surface area contributed by atoms with Gasteiger partial charge in [0, 0.05) is 6.08 Å². The highest BCUT2D eigenvalue weighted by Crippen LogP contribution is 2.19. The van der Waals surface area contributed by atoms with Gasteiger partial charge in [-0.2, -0.15) is 0 Å². The molecule has 0 bridgehead atoms. The minimum atomic E-state index is -0.370. The standard InChI is InChI=1S/C15H20O3/c1-4-15(16)18-10-6-5-9-17-14-11-12(2)7-8-13(14)3/h4,7-8,11H,1,5-6,9-10H2,2-3H3. The number of hydrogen-bond acceptors (Lipinski definition) is 3. The second kappa shape index (κ2) is 7.54. The number of carbonyl (C=O) groups excluding carboxylic acids is 1. The van der Waals surface area contributed by atoms with E-state index in [9.17, 15) is 4.79 Å². The van der Waals surface area contributed by atoms with Crippen LogP contribution in [0.4, 0.5) is 0 Å². The molecule has 0 aliphatic carbocycles. The largest absolute Gasteiger partial charge is 0.493 e. The van der Waals surface area contributed by atoms with Crippen molar-refractivity contribution in [3.63, 3.8) is 0 Å². The summed E-state index contributed by atoms with van der Waals surface area (Å²) in [5.41, 5.74) is 2.33. The summed E-state index contributed by atoms with van der Waals surface area (Å²) in [5.74, 6) is 0.559. The molecule has 1 rings (SSSR count). The molecule has 1 aromatic carbocycles. The highest BCUT2D eigenvalue weighted by molar-refractivity contribution is 5.81. The summed E-state index contributed by atoms with van der Waals surface area (Å²) in [6, 6.07) is 6.15. The SMILES string of the molecule is C=CC(=O)OCCCCOc1cc(C)ccc1C. The van der Waals surface area contributed by atoms with Gasteiger partial charge in [0.15, 0.2) is 0 Å². The van der Waals surface area contributed by atoms with Gasteiger partial charge in [-0.1, -0.05) is 18.7 Å². The molecule has 0 heterocycles. The van der Waals surface area contributed by atoms with Crippen LogP contribution in [0.3, 0.4) is 0 Å². The predicted molar refractivity (Wildman–Crippen MR) is 71.8 cm³/mol. The van der Waals surface area contributed by atoms with Crippen molar-refractivity contribution in [2.24, 2.45) is 0 Å². The van der Waals surface area contributed by atoms with Gasteiger partial charge in [-0.3, -0.25) is 0 Å². The van der Waals surface area contributed by atoms with E-state index in [4.69, 9.17) is 9.47 Å². The summed E-state index contributed by atoms with van der Waals surface area (Å²) in [5, 5.41) is 0. The van der Waals surface area contributed by atoms with E-state index in [0.717, 1.165) is 24.2 Å². The van der Waals surface area contributed by atoms with Crippen molar-refractivity contribution in [1.29, 1.82) is 0 Å². The third-order valence-electron chi connectivity index (χ3n) is 2.55. The van der Waals surface area contributed by atoms with Crippen molar-refractivity contribution >= 4 is 5.97 Å². The van der Waals surface area contributed by atoms with Gasteiger partial charge in [-0.25, -0.2) is 4.79 Å². The first kappa shape index (κ1) is 14.3. The third kappa shape index (κ3) is 5.04. The van der Waals surface area contributed by atoms with Crippen molar-refractivity contribution < 1.29 is 14.3 Å². The van der Waals surface area contributed by atoms with Crippen molar-refractivity contribution in [1.82, 2.24) is 0 Å². The van der Waals surface area contributed by atoms with Crippen LogP contribution < -0.4 is 4.74 Å². The van der Waals surface area contributed by atoms with E-state index >= 15 is 0 Å². The molecule has 0 radical (unpaired) electrons. The molecule has 3 heteroatoms. The first-order valence-corrected chi connectivity index (χ1v) is 6.12. The normalized spacial score (nSPS) is 9.89. The molecule has 0 aliphatic rings. The molecule has 0 saturated carbocycles. The average molecular weight is 248 g/mol. The summed E-state index contributed by atoms with van der Waals surface area (Å²) in [7, 11) is 0. The van der Waals surface area contributed by atoms with Crippen LogP contribution in [0.2, 0.25) is 0 Å². The Morgan fingerprint density at radius 1 is 1.28 bits per heavy atom. The number of aryl methyl sites for hydroxylation is 2. The number of hydrogen-bond donors (Lipinski definition) is 0. The van der Waals surface area contributed by atoms with E-state index in [1.165, 1.54) is 11.6 Å². The fourth-order valence-corrected chi connectivity index (χ4v) is 1.48. The Morgan fingerprint density at radius 3 is 2.72 bits per heavy atom. The van der Waals surface area contributed by atoms with E-state index in [1.54, 1.807) is 0 Å². The predicted octanol–water partition coefficient (Wildman–Crippen LogP) is 3.19. The summed E-state index contributed by atoms with van der Waals surface area (Å²) in [6.07, 6.45) is 2.83. The second-order valence-corrected chi connectivity index (χ2v) is 4.20. The first-order chi connectivity index (χ1) is 8.63. The molecule has 98 valence electrons. The Bertz CT molecular complexity index is 410. The Kier molecular flexibility index (Phi) is 5.98. The van der Waals surface area contributed by atoms with Gasteiger partial charge in [0.1, 0.15) is 5.75 Å². The van der Waals surface area contributed by atoms with Crippen LogP contribution in [-0.2, 0) is 9.53 Å². The van der Waals surface area contributed by atoms with E-state index in [0.29, 0.717) is 13.2 Å². The smallest absolute Gasteiger partial charge is 0.330 e. The molecule has 0 saturated heterocycles. The number of carbonyl (C=O) groups is 1. The summed E-state index contributed by atoms with van der Waals surface area (Å²) >= 11 is 0. The van der Waals surface area contributed by atoms with E-state index in [1.807, 2.05) is 19.9 Å². The molecule has 0 aliphatic heterocycles. The number of ether oxygens (including phenoxy) is 2. The highest BCUT2D eigenvalue weighted by Gasteiger charge is 2.00. The molecule has 18 heavy (non-hydrogen) atoms. The van der Waals surface area contributed by atoms with Crippen LogP contribution in [0.15, 0.2) is 30.9 Å². The van der Waals surface area contributed by atoms with Crippen molar-refractivity contribution in [3.8, 4) is 5.75 Å². The average Bonchev–Trinajstić information content (AvgIpc) is 2.37. The lowest BCUT2D eigenvalue weighted by Crippen LogP contribution is -2.05. The minimum absolute atomic E-state index is 0.370. The molecule has 1 aromatic rings. The Balaban J connectivity index is 2.19. The third-order valence-corrected chi connectivity index (χ3v) is 2.55. The number of benzene rings is 1. The van der Waals surface area contributed by atoms with Gasteiger partial charge in [0.05, 0.1) is 13.2 Å². The molecule has 0 spiro atoms. The van der Waals surface area contributed by atoms with Crippen LogP contribution in [-0.4, -0.2) is 19.2 Å². The zero-order valence-electron chi connectivity index (χ0n) is 11.1. The second-order valence-electron chi connectivity index (χ2n) is 4.20. The van der Waals surface area contributed by atoms with Crippen molar-refractivity contribution in [2.75, 3.05) is 13.2 Å². The van der Waals surface area contributed by atoms with E-state index < -0.39 is 0 Å². The fraction of sp³-hybridized carbons (Fsp3) is 0.400. The number of unbranched alkanes of at least 4 members (excludes halogenated alkanes) is 1. The highest BCUT2D eigenvalue weighted by atomic mass is 16.5. The Labute approximate surface area is 108 Å². The summed E-state index contributed by atoms with van der Waals surface area (Å²) in [6.45, 7) is 8.46. The fourth-order valence-electron chi connectivity index (χ4n) is 1.48. The summed E-state index contributed by atoms with van der Waals surface area (Å²) < 4.78 is 10.6. The van der Waals surface area contributed by atoms with Crippen molar-refractivity contribution in [2.45, 2.75) is 26.7 Å². The molecule has 0 N–H and O–H groups in total. The van der Waals surface area contributed by atoms with Gasteiger partial charge in [0.25, 0.3) is 0 Å². The van der Waals surface area contributed by atoms with Crippen molar-refractivity contribution in [3.05, 3.63) is 42.0 Å². The lowest BCUT2D eigenvalue weighted by atomic mass is 10.1. The maximum Gasteiger partial charge on any atom is 0.330 e. The molecule has 0 atom stereocenters. The monoisotopic (exact) mass is 248 g/mol. The lowest BCUT2D eigenvalue weighted by molar-refractivity contribution is -0.137. The number of rotatable bonds is 7. The Morgan fingerprint density at radius 2 is 2.00 bits per heavy atom. The van der Waals surface area contributed by atoms with Gasteiger partial charge in [0.2, 0.25) is 0 Å². The van der Waals surface area contributed by atoms with Gasteiger partial charge >= 0.3 is 5.97 Å². The zero-order valence-corrected chi connectivity index (χ0v) is 11.1. The minimum Gasteiger partial charge on any atom is -0.493 e. The van der Waals surface area contributed by atoms with Crippen LogP contribution in [0.5, 0.6) is 5.75 Å². The van der Waals surface area contributed by atoms with Gasteiger partial charge in [-0.15, -0.1) is 0 Å². The van der Waals surface area contributed by atoms with Gasteiger partial charge in [-0.05, 0) is 43.9 Å². The van der Waals surface area contributed by atoms with Crippen LogP contribution in [0.1, 0.15) is 24.0 Å². The van der Waals surface area contributed by atoms with E-state index in [2.05, 4.69) is 18.7 Å². The van der Waals surface area contributed by atoms with Gasteiger partial charge < -0.3 is 9.47 Å². The molecular formula is C15H20O3.